The molecule has 218 valence electrons. The summed E-state index contributed by atoms with van der Waals surface area (Å²) in [5, 5.41) is 23.4. The average Bonchev–Trinajstić information content (AvgIpc) is 3.41. The largest absolute Gasteiger partial charge is 0.573 e. The number of piperidine rings is 1. The minimum absolute atomic E-state index is 0.159. The molecule has 4 aromatic rings. The minimum Gasteiger partial charge on any atom is -0.406 e. The molecule has 2 amide bonds. The average molecular weight is 599 g/mol. The van der Waals surface area contributed by atoms with Crippen LogP contribution < -0.4 is 20.3 Å². The topological polar surface area (TPSA) is 135 Å². The standard InChI is InChI=1S/C27H25F3N8O3S/c28-27(29,30)41-20-6-3-4-17(14-20)15-23(39)32-21-7-8-22(35-34-21)38-12-9-18(10-13-38)25-36-37-26(42-25)33-24(40)16-19-5-1-2-11-31-19/h1-8,11,14,18H,9-10,12-13,15-16H2,(H,32,34,39)(H,33,37,40). The van der Waals surface area contributed by atoms with Crippen LogP contribution in [0.1, 0.15) is 35.0 Å². The summed E-state index contributed by atoms with van der Waals surface area (Å²) in [6.45, 7) is 1.42. The maximum absolute atomic E-state index is 12.4. The van der Waals surface area contributed by atoms with Gasteiger partial charge in [0.25, 0.3) is 0 Å². The first kappa shape index (κ1) is 28.9. The second-order valence-corrected chi connectivity index (χ2v) is 10.5. The number of hydrogen-bond acceptors (Lipinski definition) is 10. The summed E-state index contributed by atoms with van der Waals surface area (Å²) in [4.78, 5) is 30.9. The first-order valence-corrected chi connectivity index (χ1v) is 13.8. The van der Waals surface area contributed by atoms with E-state index in [1.807, 2.05) is 6.07 Å². The molecule has 1 saturated heterocycles. The summed E-state index contributed by atoms with van der Waals surface area (Å²) in [6, 6.07) is 14.0. The number of nitrogens with one attached hydrogen (secondary N) is 2. The van der Waals surface area contributed by atoms with E-state index in [2.05, 4.69) is 45.6 Å². The van der Waals surface area contributed by atoms with E-state index < -0.39 is 18.0 Å². The van der Waals surface area contributed by atoms with Gasteiger partial charge in [-0.2, -0.15) is 0 Å². The zero-order valence-corrected chi connectivity index (χ0v) is 22.9. The molecule has 15 heteroatoms. The second kappa shape index (κ2) is 12.9. The van der Waals surface area contributed by atoms with Gasteiger partial charge in [0.15, 0.2) is 11.6 Å². The van der Waals surface area contributed by atoms with Crippen molar-refractivity contribution in [3.05, 3.63) is 77.1 Å². The third kappa shape index (κ3) is 8.19. The fourth-order valence-corrected chi connectivity index (χ4v) is 5.35. The minimum atomic E-state index is -4.81. The predicted molar refractivity (Wildman–Crippen MR) is 148 cm³/mol. The van der Waals surface area contributed by atoms with Gasteiger partial charge in [-0.15, -0.1) is 33.6 Å². The lowest BCUT2D eigenvalue weighted by molar-refractivity contribution is -0.274. The van der Waals surface area contributed by atoms with Gasteiger partial charge in [0, 0.05) is 30.9 Å². The van der Waals surface area contributed by atoms with E-state index in [1.54, 1.807) is 30.5 Å². The van der Waals surface area contributed by atoms with Crippen LogP contribution in [0.15, 0.2) is 60.8 Å². The van der Waals surface area contributed by atoms with E-state index in [4.69, 9.17) is 0 Å². The van der Waals surface area contributed by atoms with E-state index >= 15 is 0 Å². The number of nitrogens with zero attached hydrogens (tertiary/aromatic N) is 6. The van der Waals surface area contributed by atoms with Crippen molar-refractivity contribution in [2.45, 2.75) is 38.0 Å². The summed E-state index contributed by atoms with van der Waals surface area (Å²) in [6.07, 6.45) is -1.54. The molecule has 1 fully saturated rings. The van der Waals surface area contributed by atoms with Crippen molar-refractivity contribution in [2.75, 3.05) is 28.6 Å². The van der Waals surface area contributed by atoms with E-state index in [0.717, 1.165) is 23.9 Å². The smallest absolute Gasteiger partial charge is 0.406 e. The number of ether oxygens (including phenoxy) is 1. The molecule has 0 spiro atoms. The predicted octanol–water partition coefficient (Wildman–Crippen LogP) is 4.37. The quantitative estimate of drug-likeness (QED) is 0.288. The van der Waals surface area contributed by atoms with Crippen LogP contribution in [0.5, 0.6) is 5.75 Å². The third-order valence-electron chi connectivity index (χ3n) is 6.34. The van der Waals surface area contributed by atoms with Gasteiger partial charge in [-0.05, 0) is 54.8 Å². The highest BCUT2D eigenvalue weighted by Crippen LogP contribution is 2.33. The van der Waals surface area contributed by atoms with E-state index in [-0.39, 0.29) is 30.5 Å². The van der Waals surface area contributed by atoms with E-state index in [1.165, 1.54) is 29.5 Å². The zero-order valence-electron chi connectivity index (χ0n) is 22.0. The Bertz CT molecular complexity index is 1510. The Morgan fingerprint density at radius 3 is 2.45 bits per heavy atom. The molecule has 3 aromatic heterocycles. The molecule has 0 atom stereocenters. The van der Waals surface area contributed by atoms with Gasteiger partial charge in [-0.3, -0.25) is 14.6 Å². The maximum Gasteiger partial charge on any atom is 0.573 e. The first-order chi connectivity index (χ1) is 20.2. The molecule has 11 nitrogen and oxygen atoms in total. The van der Waals surface area contributed by atoms with Crippen LogP contribution >= 0.6 is 11.3 Å². The summed E-state index contributed by atoms with van der Waals surface area (Å²) in [5.41, 5.74) is 1.03. The molecule has 2 N–H and O–H groups in total. The fourth-order valence-electron chi connectivity index (χ4n) is 4.42. The van der Waals surface area contributed by atoms with Crippen molar-refractivity contribution in [3.8, 4) is 5.75 Å². The van der Waals surface area contributed by atoms with Gasteiger partial charge in [0.05, 0.1) is 12.8 Å². The first-order valence-electron chi connectivity index (χ1n) is 13.0. The highest BCUT2D eigenvalue weighted by atomic mass is 32.1. The van der Waals surface area contributed by atoms with Crippen molar-refractivity contribution in [3.63, 3.8) is 0 Å². The Hall–Kier alpha value is -4.66. The molecule has 42 heavy (non-hydrogen) atoms. The van der Waals surface area contributed by atoms with Crippen LogP contribution in [0.4, 0.5) is 29.9 Å². The van der Waals surface area contributed by atoms with Crippen molar-refractivity contribution in [2.24, 2.45) is 0 Å². The summed E-state index contributed by atoms with van der Waals surface area (Å²) in [7, 11) is 0. The lowest BCUT2D eigenvalue weighted by Crippen LogP contribution is -2.33. The molecule has 0 aliphatic carbocycles. The number of halogens is 3. The van der Waals surface area contributed by atoms with Crippen molar-refractivity contribution >= 4 is 39.9 Å². The van der Waals surface area contributed by atoms with Gasteiger partial charge < -0.3 is 20.3 Å². The highest BCUT2D eigenvalue weighted by Gasteiger charge is 2.31. The normalized spacial score (nSPS) is 13.9. The number of carbonyl (C=O) groups is 2. The summed E-state index contributed by atoms with van der Waals surface area (Å²) >= 11 is 1.37. The van der Waals surface area contributed by atoms with Gasteiger partial charge >= 0.3 is 6.36 Å². The molecular weight excluding hydrogens is 573 g/mol. The second-order valence-electron chi connectivity index (χ2n) is 9.45. The van der Waals surface area contributed by atoms with Gasteiger partial charge in [0.1, 0.15) is 10.8 Å². The molecule has 5 rings (SSSR count). The molecule has 4 heterocycles. The van der Waals surface area contributed by atoms with Crippen molar-refractivity contribution < 1.29 is 27.5 Å². The maximum atomic E-state index is 12.4. The van der Waals surface area contributed by atoms with Crippen molar-refractivity contribution in [1.82, 2.24) is 25.4 Å². The monoisotopic (exact) mass is 598 g/mol. The molecule has 0 bridgehead atoms. The van der Waals surface area contributed by atoms with Crippen molar-refractivity contribution in [1.29, 1.82) is 0 Å². The number of pyridine rings is 1. The lowest BCUT2D eigenvalue weighted by Gasteiger charge is -2.31. The van der Waals surface area contributed by atoms with E-state index in [0.29, 0.717) is 35.3 Å². The molecule has 0 unspecified atom stereocenters. The van der Waals surface area contributed by atoms with E-state index in [9.17, 15) is 22.8 Å². The molecular formula is C27H25F3N8O3S. The number of amides is 2. The fraction of sp³-hybridized carbons (Fsp3) is 0.296. The SMILES string of the molecule is O=C(Cc1cccc(OC(F)(F)F)c1)Nc1ccc(N2CCC(c3nnc(NC(=O)Cc4ccccn4)s3)CC2)nn1. The third-order valence-corrected chi connectivity index (χ3v) is 7.34. The van der Waals surface area contributed by atoms with Crippen LogP contribution in [0.3, 0.4) is 0 Å². The zero-order chi connectivity index (χ0) is 29.5. The number of hydrogen-bond donors (Lipinski definition) is 2. The highest BCUT2D eigenvalue weighted by molar-refractivity contribution is 7.15. The molecule has 1 aliphatic heterocycles. The van der Waals surface area contributed by atoms with Crippen LogP contribution in [-0.4, -0.2) is 56.6 Å². The van der Waals surface area contributed by atoms with Crippen LogP contribution in [-0.2, 0) is 22.4 Å². The number of alkyl halides is 3. The number of benzene rings is 1. The van der Waals surface area contributed by atoms with Crippen LogP contribution in [0.25, 0.3) is 0 Å². The molecule has 0 radical (unpaired) electrons. The van der Waals surface area contributed by atoms with Gasteiger partial charge in [-0.1, -0.05) is 29.5 Å². The molecule has 1 aromatic carbocycles. The lowest BCUT2D eigenvalue weighted by atomic mass is 9.98. The number of aromatic nitrogens is 5. The van der Waals surface area contributed by atoms with Gasteiger partial charge in [-0.25, -0.2) is 0 Å². The number of anilines is 3. The Morgan fingerprint density at radius 1 is 0.929 bits per heavy atom. The van der Waals surface area contributed by atoms with Crippen LogP contribution in [0, 0.1) is 0 Å². The molecule has 0 saturated carbocycles. The Morgan fingerprint density at radius 2 is 1.74 bits per heavy atom. The molecule has 1 aliphatic rings. The Kier molecular flexibility index (Phi) is 8.85. The number of rotatable bonds is 9. The summed E-state index contributed by atoms with van der Waals surface area (Å²) in [5.74, 6) is 0.0407. The van der Waals surface area contributed by atoms with Crippen LogP contribution in [0.2, 0.25) is 0 Å². The Labute approximate surface area is 242 Å². The Balaban J connectivity index is 1.08. The van der Waals surface area contributed by atoms with Gasteiger partial charge in [0.2, 0.25) is 16.9 Å². The summed E-state index contributed by atoms with van der Waals surface area (Å²) < 4.78 is 41.2. The number of carbonyl (C=O) groups excluding carboxylic acids is 2.